The average molecular weight is 465 g/mol. The number of carbonyl (C=O) groups excluding carboxylic acids is 2. The maximum atomic E-state index is 12.7. The third-order valence-electron chi connectivity index (χ3n) is 6.35. The van der Waals surface area contributed by atoms with Gasteiger partial charge in [-0.15, -0.1) is 0 Å². The van der Waals surface area contributed by atoms with Crippen molar-refractivity contribution in [1.82, 2.24) is 10.2 Å². The highest BCUT2D eigenvalue weighted by Crippen LogP contribution is 2.43. The summed E-state index contributed by atoms with van der Waals surface area (Å²) in [5.41, 5.74) is 0.318. The second-order valence-corrected chi connectivity index (χ2v) is 15.4. The van der Waals surface area contributed by atoms with Crippen LogP contribution >= 0.6 is 0 Å². The summed E-state index contributed by atoms with van der Waals surface area (Å²) in [4.78, 5) is 37.6. The van der Waals surface area contributed by atoms with Crippen LogP contribution in [0.5, 0.6) is 0 Å². The Morgan fingerprint density at radius 1 is 1.16 bits per heavy atom. The van der Waals surface area contributed by atoms with Gasteiger partial charge in [0.05, 0.1) is 6.04 Å². The third-order valence-corrected chi connectivity index (χ3v) is 9.87. The van der Waals surface area contributed by atoms with E-state index in [2.05, 4.69) is 19.2 Å². The van der Waals surface area contributed by atoms with Crippen molar-refractivity contribution in [3.63, 3.8) is 0 Å². The molecule has 1 fully saturated rings. The minimum Gasteiger partial charge on any atom is -0.445 e. The topological polar surface area (TPSA) is 88.1 Å². The number of hydrogen-bond acceptors (Lipinski definition) is 5. The van der Waals surface area contributed by atoms with Crippen LogP contribution in [0.4, 0.5) is 9.59 Å². The van der Waals surface area contributed by atoms with E-state index in [9.17, 15) is 14.4 Å². The number of hydrogen-bond donors (Lipinski definition) is 2. The molecular weight excluding hydrogens is 424 g/mol. The van der Waals surface area contributed by atoms with E-state index in [0.29, 0.717) is 13.1 Å². The van der Waals surface area contributed by atoms with E-state index in [1.54, 1.807) is 4.90 Å². The molecule has 2 amide bonds. The van der Waals surface area contributed by atoms with Crippen LogP contribution in [0.15, 0.2) is 30.3 Å². The van der Waals surface area contributed by atoms with E-state index in [4.69, 9.17) is 9.47 Å². The number of piperidine rings is 1. The van der Waals surface area contributed by atoms with Gasteiger partial charge in [0.2, 0.25) is 0 Å². The molecule has 1 saturated heterocycles. The number of benzene rings is 1. The van der Waals surface area contributed by atoms with Crippen LogP contribution in [-0.2, 0) is 16.1 Å². The molecule has 32 heavy (non-hydrogen) atoms. The number of rotatable bonds is 6. The summed E-state index contributed by atoms with van der Waals surface area (Å²) in [6.45, 7) is 14.6. The fourth-order valence-corrected chi connectivity index (χ4v) is 4.51. The van der Waals surface area contributed by atoms with E-state index in [1.165, 1.54) is 0 Å². The first-order valence-corrected chi connectivity index (χ1v) is 14.3. The highest BCUT2D eigenvalue weighted by atomic mass is 28.4. The summed E-state index contributed by atoms with van der Waals surface area (Å²) < 4.78 is 11.0. The predicted octanol–water partition coefficient (Wildman–Crippen LogP) is 4.91. The van der Waals surface area contributed by atoms with E-state index in [1.807, 2.05) is 64.2 Å². The zero-order chi connectivity index (χ0) is 24.2. The zero-order valence-corrected chi connectivity index (χ0v) is 21.6. The fourth-order valence-electron chi connectivity index (χ4n) is 3.75. The van der Waals surface area contributed by atoms with Gasteiger partial charge >= 0.3 is 12.2 Å². The molecule has 0 aromatic heterocycles. The van der Waals surface area contributed by atoms with Crippen LogP contribution in [0.3, 0.4) is 0 Å². The smallest absolute Gasteiger partial charge is 0.410 e. The van der Waals surface area contributed by atoms with Crippen molar-refractivity contribution in [2.45, 2.75) is 83.8 Å². The second-order valence-electron chi connectivity index (χ2n) is 10.9. The van der Waals surface area contributed by atoms with Crippen LogP contribution in [0.25, 0.3) is 0 Å². The van der Waals surface area contributed by atoms with Gasteiger partial charge in [0.25, 0.3) is 0 Å². The molecule has 0 spiro atoms. The number of alkyl carbamates (subject to hydrolysis) is 1. The summed E-state index contributed by atoms with van der Waals surface area (Å²) in [6.07, 6.45) is 0.593. The van der Waals surface area contributed by atoms with Crippen LogP contribution in [-0.4, -0.2) is 54.9 Å². The molecule has 0 bridgehead atoms. The highest BCUT2D eigenvalue weighted by Gasteiger charge is 2.43. The molecule has 1 aliphatic rings. The van der Waals surface area contributed by atoms with Gasteiger partial charge in [-0.2, -0.15) is 0 Å². The molecule has 180 valence electrons. The molecule has 1 aromatic rings. The standard InChI is InChI=1S/C24H40N2O5Si/c1-23(2,3)31-21(27)25-20-16-26(22(28)30-17-18-11-9-8-10-12-18)14-13-19(20)15-24(4,5)32(6,7)29/h8-12,19-20,29H,13-17H2,1-7H3,(H,25,27)/t19-,20+/m0/s1. The first-order chi connectivity index (χ1) is 14.7. The minimum atomic E-state index is -2.41. The molecule has 1 aliphatic heterocycles. The van der Waals surface area contributed by atoms with Gasteiger partial charge in [0.15, 0.2) is 8.32 Å². The SMILES string of the molecule is CC(C)(C)OC(=O)N[C@@H]1CN(C(=O)OCc2ccccc2)CC[C@H]1CC(C)(C)[Si](C)(C)O. The van der Waals surface area contributed by atoms with Gasteiger partial charge in [-0.1, -0.05) is 44.2 Å². The lowest BCUT2D eigenvalue weighted by molar-refractivity contribution is 0.0378. The van der Waals surface area contributed by atoms with Crippen LogP contribution in [0.1, 0.15) is 53.0 Å². The maximum Gasteiger partial charge on any atom is 0.410 e. The van der Waals surface area contributed by atoms with Crippen molar-refractivity contribution >= 4 is 20.5 Å². The van der Waals surface area contributed by atoms with E-state index in [-0.39, 0.29) is 29.7 Å². The number of likely N-dealkylation sites (tertiary alicyclic amines) is 1. The van der Waals surface area contributed by atoms with Crippen LogP contribution in [0, 0.1) is 5.92 Å². The number of amides is 2. The zero-order valence-electron chi connectivity index (χ0n) is 20.6. The third kappa shape index (κ3) is 7.81. The first kappa shape index (κ1) is 26.2. The Balaban J connectivity index is 2.08. The average Bonchev–Trinajstić information content (AvgIpc) is 2.65. The summed E-state index contributed by atoms with van der Waals surface area (Å²) in [5.74, 6) is 0.120. The van der Waals surface area contributed by atoms with Crippen molar-refractivity contribution in [3.8, 4) is 0 Å². The van der Waals surface area contributed by atoms with Crippen molar-refractivity contribution < 1.29 is 23.9 Å². The van der Waals surface area contributed by atoms with Gasteiger partial charge in [0.1, 0.15) is 12.2 Å². The highest BCUT2D eigenvalue weighted by molar-refractivity contribution is 6.72. The molecule has 1 heterocycles. The van der Waals surface area contributed by atoms with Crippen LogP contribution < -0.4 is 5.32 Å². The number of nitrogens with zero attached hydrogens (tertiary/aromatic N) is 1. The van der Waals surface area contributed by atoms with E-state index < -0.39 is 20.0 Å². The molecule has 7 nitrogen and oxygen atoms in total. The Morgan fingerprint density at radius 2 is 1.78 bits per heavy atom. The summed E-state index contributed by atoms with van der Waals surface area (Å²) in [6, 6.07) is 9.27. The monoisotopic (exact) mass is 464 g/mol. The first-order valence-electron chi connectivity index (χ1n) is 11.4. The molecule has 8 heteroatoms. The Morgan fingerprint density at radius 3 is 2.34 bits per heavy atom. The molecule has 2 atom stereocenters. The van der Waals surface area contributed by atoms with Gasteiger partial charge in [-0.25, -0.2) is 9.59 Å². The molecular formula is C24H40N2O5Si. The molecule has 1 aromatic carbocycles. The Hall–Kier alpha value is -2.06. The van der Waals surface area contributed by atoms with Gasteiger partial charge in [-0.3, -0.25) is 0 Å². The number of carbonyl (C=O) groups is 2. The molecule has 0 aliphatic carbocycles. The van der Waals surface area contributed by atoms with Crippen molar-refractivity contribution in [2.75, 3.05) is 13.1 Å². The molecule has 2 rings (SSSR count). The van der Waals surface area contributed by atoms with E-state index in [0.717, 1.165) is 18.4 Å². The molecule has 0 saturated carbocycles. The predicted molar refractivity (Wildman–Crippen MR) is 128 cm³/mol. The minimum absolute atomic E-state index is 0.120. The molecule has 2 N–H and O–H groups in total. The summed E-state index contributed by atoms with van der Waals surface area (Å²) in [5, 5.41) is 2.75. The van der Waals surface area contributed by atoms with Crippen molar-refractivity contribution in [3.05, 3.63) is 35.9 Å². The van der Waals surface area contributed by atoms with Gasteiger partial charge in [0, 0.05) is 13.1 Å². The maximum absolute atomic E-state index is 12.7. The second kappa shape index (κ2) is 10.3. The van der Waals surface area contributed by atoms with Crippen molar-refractivity contribution in [1.29, 1.82) is 0 Å². The lowest BCUT2D eigenvalue weighted by atomic mass is 9.84. The quantitative estimate of drug-likeness (QED) is 0.584. The lowest BCUT2D eigenvalue weighted by Crippen LogP contribution is -2.56. The largest absolute Gasteiger partial charge is 0.445 e. The van der Waals surface area contributed by atoms with Crippen molar-refractivity contribution in [2.24, 2.45) is 5.92 Å². The van der Waals surface area contributed by atoms with E-state index >= 15 is 0 Å². The molecule has 0 radical (unpaired) electrons. The summed E-state index contributed by atoms with van der Waals surface area (Å²) >= 11 is 0. The Bertz CT molecular complexity index is 771. The normalized spacial score (nSPS) is 19.9. The Labute approximate surface area is 193 Å². The van der Waals surface area contributed by atoms with Gasteiger partial charge < -0.3 is 24.5 Å². The lowest BCUT2D eigenvalue weighted by Gasteiger charge is -2.44. The molecule has 0 unspecified atom stereocenters. The number of ether oxygens (including phenoxy) is 2. The Kier molecular flexibility index (Phi) is 8.39. The summed E-state index contributed by atoms with van der Waals surface area (Å²) in [7, 11) is -2.41. The van der Waals surface area contributed by atoms with Gasteiger partial charge in [-0.05, 0) is 63.2 Å². The van der Waals surface area contributed by atoms with Crippen LogP contribution in [0.2, 0.25) is 18.1 Å². The number of nitrogens with one attached hydrogen (secondary N) is 1. The fraction of sp³-hybridized carbons (Fsp3) is 0.667.